The Morgan fingerprint density at radius 1 is 0.895 bits per heavy atom. The van der Waals surface area contributed by atoms with Crippen molar-refractivity contribution in [1.82, 2.24) is 15.0 Å². The fraction of sp³-hybridized carbons (Fsp3) is 0.100. The zero-order valence-electron chi connectivity index (χ0n) is 20.6. The number of esters is 2. The van der Waals surface area contributed by atoms with E-state index >= 15 is 0 Å². The molecule has 3 heterocycles. The Morgan fingerprint density at radius 3 is 2.08 bits per heavy atom. The van der Waals surface area contributed by atoms with E-state index in [1.165, 1.54) is 18.3 Å². The second-order valence-electron chi connectivity index (χ2n) is 8.61. The summed E-state index contributed by atoms with van der Waals surface area (Å²) >= 11 is 0. The summed E-state index contributed by atoms with van der Waals surface area (Å²) in [5.74, 6) is -1.05. The summed E-state index contributed by atoms with van der Waals surface area (Å²) in [6.45, 7) is 1.11. The van der Waals surface area contributed by atoms with Crippen molar-refractivity contribution >= 4 is 45.9 Å². The van der Waals surface area contributed by atoms with E-state index in [1.54, 1.807) is 19.1 Å². The van der Waals surface area contributed by atoms with Gasteiger partial charge in [-0.1, -0.05) is 36.4 Å². The number of nitrogens with zero attached hydrogens (tertiary/aromatic N) is 1. The van der Waals surface area contributed by atoms with Gasteiger partial charge in [-0.25, -0.2) is 9.59 Å². The predicted octanol–water partition coefficient (Wildman–Crippen LogP) is 5.22. The fourth-order valence-electron chi connectivity index (χ4n) is 4.21. The van der Waals surface area contributed by atoms with Crippen LogP contribution in [0.25, 0.3) is 34.0 Å². The number of nitrogens with one attached hydrogen (secondary N) is 2. The van der Waals surface area contributed by atoms with Crippen LogP contribution in [0.3, 0.4) is 0 Å². The molecule has 0 saturated heterocycles. The third-order valence-corrected chi connectivity index (χ3v) is 6.18. The van der Waals surface area contributed by atoms with Crippen LogP contribution in [0.5, 0.6) is 5.75 Å². The topological polar surface area (TPSA) is 117 Å². The number of aryl methyl sites for hydroxylation is 1. The van der Waals surface area contributed by atoms with E-state index in [-0.39, 0.29) is 19.0 Å². The molecule has 190 valence electrons. The standard InChI is InChI=1S/C30H25N3O5/c1-19-30(38-29(36)13-11-21-15-33-27-9-5-3-7-24(21)27)25(22(17-34)16-31-19)18-37-28(35)12-10-20-14-32-26-8-4-2-6-23(20)26/h2-16,32-34H,17-18H2,1H3/b12-10+,13-11+. The summed E-state index contributed by atoms with van der Waals surface area (Å²) < 4.78 is 11.0. The highest BCUT2D eigenvalue weighted by atomic mass is 16.5. The molecule has 0 radical (unpaired) electrons. The average Bonchev–Trinajstić information content (AvgIpc) is 3.55. The van der Waals surface area contributed by atoms with Crippen LogP contribution in [-0.4, -0.2) is 32.0 Å². The van der Waals surface area contributed by atoms with Crippen LogP contribution in [-0.2, 0) is 27.5 Å². The van der Waals surface area contributed by atoms with Gasteiger partial charge >= 0.3 is 11.9 Å². The van der Waals surface area contributed by atoms with Gasteiger partial charge in [-0.2, -0.15) is 0 Å². The molecule has 0 saturated carbocycles. The van der Waals surface area contributed by atoms with Gasteiger partial charge in [0, 0.05) is 74.8 Å². The molecule has 2 aromatic carbocycles. The number of para-hydroxylation sites is 2. The molecule has 0 atom stereocenters. The fourth-order valence-corrected chi connectivity index (χ4v) is 4.21. The van der Waals surface area contributed by atoms with Gasteiger partial charge in [0.05, 0.1) is 12.3 Å². The summed E-state index contributed by atoms with van der Waals surface area (Å²) in [5, 5.41) is 11.8. The van der Waals surface area contributed by atoms with E-state index in [1.807, 2.05) is 60.9 Å². The molecule has 0 spiro atoms. The molecule has 8 heteroatoms. The number of rotatable bonds is 8. The molecule has 0 unspecified atom stereocenters. The monoisotopic (exact) mass is 507 g/mol. The van der Waals surface area contributed by atoms with Gasteiger partial charge in [0.2, 0.25) is 0 Å². The summed E-state index contributed by atoms with van der Waals surface area (Å²) in [6.07, 6.45) is 11.1. The minimum atomic E-state index is -0.623. The Hall–Kier alpha value is -4.95. The molecule has 0 aliphatic heterocycles. The Labute approximate surface area is 218 Å². The van der Waals surface area contributed by atoms with Gasteiger partial charge in [-0.3, -0.25) is 4.98 Å². The molecule has 0 fully saturated rings. The minimum Gasteiger partial charge on any atom is -0.457 e. The van der Waals surface area contributed by atoms with Gasteiger partial charge in [0.15, 0.2) is 5.75 Å². The van der Waals surface area contributed by atoms with Crippen molar-refractivity contribution in [1.29, 1.82) is 0 Å². The Kier molecular flexibility index (Phi) is 7.15. The van der Waals surface area contributed by atoms with Crippen LogP contribution in [0.15, 0.2) is 79.3 Å². The summed E-state index contributed by atoms with van der Waals surface area (Å²) in [6, 6.07) is 15.5. The average molecular weight is 508 g/mol. The maximum atomic E-state index is 12.7. The summed E-state index contributed by atoms with van der Waals surface area (Å²) in [5.41, 5.74) is 4.81. The van der Waals surface area contributed by atoms with E-state index in [2.05, 4.69) is 15.0 Å². The Morgan fingerprint density at radius 2 is 1.47 bits per heavy atom. The summed E-state index contributed by atoms with van der Waals surface area (Å²) in [7, 11) is 0. The number of carbonyl (C=O) groups is 2. The number of aliphatic hydroxyl groups excluding tert-OH is 1. The van der Waals surface area contributed by atoms with E-state index < -0.39 is 11.9 Å². The van der Waals surface area contributed by atoms with Crippen LogP contribution in [0.2, 0.25) is 0 Å². The number of fused-ring (bicyclic) bond motifs is 2. The number of carbonyl (C=O) groups excluding carboxylic acids is 2. The van der Waals surface area contributed by atoms with Gasteiger partial charge in [-0.15, -0.1) is 0 Å². The highest BCUT2D eigenvalue weighted by molar-refractivity contribution is 5.95. The van der Waals surface area contributed by atoms with Gasteiger partial charge in [0.25, 0.3) is 0 Å². The van der Waals surface area contributed by atoms with Crippen LogP contribution in [0, 0.1) is 6.92 Å². The quantitative estimate of drug-likeness (QED) is 0.196. The van der Waals surface area contributed by atoms with E-state index in [0.29, 0.717) is 16.8 Å². The third-order valence-electron chi connectivity index (χ3n) is 6.18. The number of hydrogen-bond donors (Lipinski definition) is 3. The number of H-pyrrole nitrogens is 2. The first-order valence-corrected chi connectivity index (χ1v) is 12.0. The lowest BCUT2D eigenvalue weighted by Crippen LogP contribution is -2.12. The lowest BCUT2D eigenvalue weighted by molar-refractivity contribution is -0.138. The van der Waals surface area contributed by atoms with E-state index in [9.17, 15) is 14.7 Å². The Bertz CT molecular complexity index is 1690. The maximum absolute atomic E-state index is 12.7. The van der Waals surface area contributed by atoms with Gasteiger partial charge in [0.1, 0.15) is 6.61 Å². The lowest BCUT2D eigenvalue weighted by Gasteiger charge is -2.14. The molecule has 0 bridgehead atoms. The second kappa shape index (κ2) is 11.0. The van der Waals surface area contributed by atoms with Crippen molar-refractivity contribution in [3.05, 3.63) is 107 Å². The third kappa shape index (κ3) is 5.25. The molecule has 0 amide bonds. The first kappa shape index (κ1) is 24.7. The van der Waals surface area contributed by atoms with Crippen molar-refractivity contribution < 1.29 is 24.2 Å². The van der Waals surface area contributed by atoms with Crippen molar-refractivity contribution in [2.75, 3.05) is 0 Å². The highest BCUT2D eigenvalue weighted by Gasteiger charge is 2.18. The molecule has 3 aromatic heterocycles. The lowest BCUT2D eigenvalue weighted by atomic mass is 10.1. The normalized spacial score (nSPS) is 11.6. The molecular formula is C30H25N3O5. The molecular weight excluding hydrogens is 482 g/mol. The molecule has 5 aromatic rings. The number of aromatic amines is 2. The van der Waals surface area contributed by atoms with Crippen LogP contribution in [0.4, 0.5) is 0 Å². The number of pyridine rings is 1. The first-order chi connectivity index (χ1) is 18.5. The molecule has 8 nitrogen and oxygen atoms in total. The van der Waals surface area contributed by atoms with Crippen molar-refractivity contribution in [2.45, 2.75) is 20.1 Å². The highest BCUT2D eigenvalue weighted by Crippen LogP contribution is 2.27. The van der Waals surface area contributed by atoms with Gasteiger partial charge in [-0.05, 0) is 31.2 Å². The van der Waals surface area contributed by atoms with Crippen LogP contribution >= 0.6 is 0 Å². The zero-order chi connectivity index (χ0) is 26.5. The zero-order valence-corrected chi connectivity index (χ0v) is 20.6. The van der Waals surface area contributed by atoms with Gasteiger partial charge < -0.3 is 24.5 Å². The number of aromatic nitrogens is 3. The minimum absolute atomic E-state index is 0.151. The number of benzene rings is 2. The molecule has 38 heavy (non-hydrogen) atoms. The van der Waals surface area contributed by atoms with Crippen molar-refractivity contribution in [3.8, 4) is 5.75 Å². The largest absolute Gasteiger partial charge is 0.457 e. The number of ether oxygens (including phenoxy) is 2. The first-order valence-electron chi connectivity index (χ1n) is 12.0. The smallest absolute Gasteiger partial charge is 0.336 e. The number of hydrogen-bond acceptors (Lipinski definition) is 6. The SMILES string of the molecule is Cc1ncc(CO)c(COC(=O)/C=C/c2c[nH]c3ccccc23)c1OC(=O)/C=C/c1c[nH]c2ccccc12. The van der Waals surface area contributed by atoms with E-state index in [4.69, 9.17) is 9.47 Å². The van der Waals surface area contributed by atoms with E-state index in [0.717, 1.165) is 32.9 Å². The second-order valence-corrected chi connectivity index (χ2v) is 8.61. The maximum Gasteiger partial charge on any atom is 0.336 e. The molecule has 5 rings (SSSR count). The Balaban J connectivity index is 1.30. The van der Waals surface area contributed by atoms with Crippen molar-refractivity contribution in [3.63, 3.8) is 0 Å². The summed E-state index contributed by atoms with van der Waals surface area (Å²) in [4.78, 5) is 35.7. The van der Waals surface area contributed by atoms with Crippen LogP contribution in [0.1, 0.15) is 27.9 Å². The molecule has 0 aliphatic rings. The number of aliphatic hydroxyl groups is 1. The van der Waals surface area contributed by atoms with Crippen molar-refractivity contribution in [2.24, 2.45) is 0 Å². The molecule has 3 N–H and O–H groups in total. The predicted molar refractivity (Wildman–Crippen MR) is 145 cm³/mol. The van der Waals surface area contributed by atoms with Crippen LogP contribution < -0.4 is 4.74 Å². The molecule has 0 aliphatic carbocycles.